The highest BCUT2D eigenvalue weighted by atomic mass is 33.2. The standard InChI is InChI=1S/C6H12N2O8S2/c7-3(5(9)10)1-17(13,14)18(15,16)2-4(8)6(11)12/h3-4H,1-2,7-8H2,(H,9,10)(H,11,12)/t3-,4-/m1/s1. The van der Waals surface area contributed by atoms with Gasteiger partial charge in [0, 0.05) is 0 Å². The molecular formula is C6H12N2O8S2. The maximum Gasteiger partial charge on any atom is 0.321 e. The molecule has 12 heteroatoms. The molecule has 0 unspecified atom stereocenters. The van der Waals surface area contributed by atoms with Crippen LogP contribution < -0.4 is 11.5 Å². The summed E-state index contributed by atoms with van der Waals surface area (Å²) < 4.78 is 45.4. The molecule has 0 bridgehead atoms. The van der Waals surface area contributed by atoms with Gasteiger partial charge in [-0.25, -0.2) is 16.8 Å². The van der Waals surface area contributed by atoms with E-state index in [1.807, 2.05) is 0 Å². The molecule has 0 radical (unpaired) electrons. The highest BCUT2D eigenvalue weighted by Crippen LogP contribution is 2.07. The summed E-state index contributed by atoms with van der Waals surface area (Å²) in [6.07, 6.45) is 0. The maximum absolute atomic E-state index is 11.3. The van der Waals surface area contributed by atoms with Crippen LogP contribution in [-0.4, -0.2) is 62.6 Å². The number of carboxylic acid groups (broad SMARTS) is 2. The van der Waals surface area contributed by atoms with Crippen molar-refractivity contribution in [2.75, 3.05) is 11.5 Å². The van der Waals surface area contributed by atoms with Crippen LogP contribution in [0, 0.1) is 0 Å². The largest absolute Gasteiger partial charge is 0.480 e. The Kier molecular flexibility index (Phi) is 5.21. The van der Waals surface area contributed by atoms with Crippen molar-refractivity contribution in [1.29, 1.82) is 0 Å². The second-order valence-electron chi connectivity index (χ2n) is 3.34. The Bertz CT molecular complexity index is 486. The van der Waals surface area contributed by atoms with E-state index in [0.717, 1.165) is 0 Å². The van der Waals surface area contributed by atoms with Crippen molar-refractivity contribution in [1.82, 2.24) is 0 Å². The smallest absolute Gasteiger partial charge is 0.321 e. The van der Waals surface area contributed by atoms with Gasteiger partial charge < -0.3 is 21.7 Å². The monoisotopic (exact) mass is 304 g/mol. The lowest BCUT2D eigenvalue weighted by Crippen LogP contribution is -2.43. The Morgan fingerprint density at radius 1 is 0.833 bits per heavy atom. The Labute approximate surface area is 102 Å². The molecule has 0 spiro atoms. The fourth-order valence-corrected chi connectivity index (χ4v) is 4.49. The third-order valence-corrected chi connectivity index (χ3v) is 7.24. The number of carbonyl (C=O) groups is 2. The van der Waals surface area contributed by atoms with Gasteiger partial charge in [0.05, 0.1) is 11.5 Å². The van der Waals surface area contributed by atoms with Crippen LogP contribution in [0.1, 0.15) is 0 Å². The minimum absolute atomic E-state index is 1.35. The number of hydrogen-bond donors (Lipinski definition) is 4. The van der Waals surface area contributed by atoms with Crippen molar-refractivity contribution >= 4 is 29.7 Å². The molecule has 0 aliphatic carbocycles. The van der Waals surface area contributed by atoms with Crippen LogP contribution in [0.15, 0.2) is 0 Å². The van der Waals surface area contributed by atoms with E-state index in [2.05, 4.69) is 0 Å². The van der Waals surface area contributed by atoms with E-state index in [1.165, 1.54) is 0 Å². The third kappa shape index (κ3) is 4.21. The molecule has 0 aliphatic heterocycles. The van der Waals surface area contributed by atoms with Gasteiger partial charge in [0.15, 0.2) is 0 Å². The van der Waals surface area contributed by atoms with Gasteiger partial charge >= 0.3 is 11.9 Å². The Morgan fingerprint density at radius 2 is 1.06 bits per heavy atom. The predicted octanol–water partition coefficient (Wildman–Crippen LogP) is -3.45. The molecule has 0 aliphatic rings. The number of aliphatic carboxylic acids is 2. The minimum Gasteiger partial charge on any atom is -0.480 e. The summed E-state index contributed by atoms with van der Waals surface area (Å²) >= 11 is 0. The highest BCUT2D eigenvalue weighted by molar-refractivity contribution is 8.67. The average molecular weight is 304 g/mol. The van der Waals surface area contributed by atoms with Crippen LogP contribution in [0.25, 0.3) is 0 Å². The molecule has 2 atom stereocenters. The molecule has 6 N–H and O–H groups in total. The average Bonchev–Trinajstić information content (AvgIpc) is 2.15. The van der Waals surface area contributed by atoms with Crippen molar-refractivity contribution in [3.8, 4) is 0 Å². The summed E-state index contributed by atoms with van der Waals surface area (Å²) in [6, 6.07) is -3.85. The highest BCUT2D eigenvalue weighted by Gasteiger charge is 2.36. The first-order valence-corrected chi connectivity index (χ1v) is 8.15. The third-order valence-electron chi connectivity index (χ3n) is 1.79. The van der Waals surface area contributed by atoms with Gasteiger partial charge in [-0.1, -0.05) is 0 Å². The van der Waals surface area contributed by atoms with Crippen LogP contribution in [-0.2, 0) is 27.3 Å². The van der Waals surface area contributed by atoms with Gasteiger partial charge in [-0.05, 0) is 0 Å². The molecule has 106 valence electrons. The molecule has 10 nitrogen and oxygen atoms in total. The van der Waals surface area contributed by atoms with Crippen molar-refractivity contribution in [2.24, 2.45) is 11.5 Å². The topological polar surface area (TPSA) is 195 Å². The van der Waals surface area contributed by atoms with Crippen molar-refractivity contribution in [3.63, 3.8) is 0 Å². The van der Waals surface area contributed by atoms with Crippen LogP contribution in [0.2, 0.25) is 0 Å². The van der Waals surface area contributed by atoms with E-state index in [9.17, 15) is 26.4 Å². The van der Waals surface area contributed by atoms with E-state index in [1.54, 1.807) is 0 Å². The number of nitrogens with two attached hydrogens (primary N) is 2. The molecular weight excluding hydrogens is 292 g/mol. The molecule has 0 fully saturated rings. The molecule has 0 aromatic rings. The molecule has 0 amide bonds. The lowest BCUT2D eigenvalue weighted by molar-refractivity contribution is -0.138. The van der Waals surface area contributed by atoms with Crippen LogP contribution in [0.3, 0.4) is 0 Å². The quantitative estimate of drug-likeness (QED) is 0.343. The first kappa shape index (κ1) is 16.8. The SMILES string of the molecule is N[C@H](CS(=O)(=O)S(=O)(=O)C[C@@H](N)C(=O)O)C(=O)O. The minimum atomic E-state index is -4.91. The Hall–Kier alpha value is -1.24. The molecule has 0 aromatic heterocycles. The second-order valence-corrected chi connectivity index (χ2v) is 9.28. The lowest BCUT2D eigenvalue weighted by atomic mass is 10.4. The first-order valence-electron chi connectivity index (χ1n) is 4.33. The number of rotatable bonds is 7. The van der Waals surface area contributed by atoms with Crippen molar-refractivity contribution < 1.29 is 36.6 Å². The molecule has 0 aromatic carbocycles. The van der Waals surface area contributed by atoms with E-state index in [4.69, 9.17) is 21.7 Å². The van der Waals surface area contributed by atoms with E-state index in [-0.39, 0.29) is 0 Å². The summed E-state index contributed by atoms with van der Waals surface area (Å²) in [5.74, 6) is -6.10. The van der Waals surface area contributed by atoms with Crippen molar-refractivity contribution in [2.45, 2.75) is 12.1 Å². The van der Waals surface area contributed by atoms with Gasteiger partial charge in [-0.15, -0.1) is 0 Å². The molecule has 0 saturated heterocycles. The van der Waals surface area contributed by atoms with Crippen molar-refractivity contribution in [3.05, 3.63) is 0 Å². The fourth-order valence-electron chi connectivity index (χ4n) is 0.790. The molecule has 18 heavy (non-hydrogen) atoms. The lowest BCUT2D eigenvalue weighted by Gasteiger charge is -2.10. The normalized spacial score (nSPS) is 15.9. The zero-order valence-corrected chi connectivity index (χ0v) is 10.5. The van der Waals surface area contributed by atoms with Gasteiger partial charge in [0.25, 0.3) is 17.7 Å². The summed E-state index contributed by atoms with van der Waals surface area (Å²) in [7, 11) is -9.82. The van der Waals surface area contributed by atoms with Gasteiger partial charge in [0.1, 0.15) is 12.1 Å². The van der Waals surface area contributed by atoms with Crippen LogP contribution >= 0.6 is 0 Å². The van der Waals surface area contributed by atoms with Gasteiger partial charge in [-0.2, -0.15) is 0 Å². The van der Waals surface area contributed by atoms with Gasteiger partial charge in [0.2, 0.25) is 0 Å². The van der Waals surface area contributed by atoms with Gasteiger partial charge in [-0.3, -0.25) is 9.59 Å². The zero-order chi connectivity index (χ0) is 14.7. The van der Waals surface area contributed by atoms with Crippen LogP contribution in [0.5, 0.6) is 0 Å². The summed E-state index contributed by atoms with van der Waals surface area (Å²) in [6.45, 7) is 0. The van der Waals surface area contributed by atoms with E-state index >= 15 is 0 Å². The summed E-state index contributed by atoms with van der Waals surface area (Å²) in [5, 5.41) is 16.8. The number of carboxylic acids is 2. The number of hydrogen-bond acceptors (Lipinski definition) is 8. The maximum atomic E-state index is 11.3. The fraction of sp³-hybridized carbons (Fsp3) is 0.667. The molecule has 0 rings (SSSR count). The zero-order valence-electron chi connectivity index (χ0n) is 8.88. The summed E-state index contributed by atoms with van der Waals surface area (Å²) in [5.41, 5.74) is 9.80. The van der Waals surface area contributed by atoms with E-state index < -0.39 is 53.3 Å². The van der Waals surface area contributed by atoms with E-state index in [0.29, 0.717) is 0 Å². The Balaban J connectivity index is 5.12. The first-order chi connectivity index (χ1) is 7.90. The predicted molar refractivity (Wildman–Crippen MR) is 58.8 cm³/mol. The molecule has 0 heterocycles. The second kappa shape index (κ2) is 5.60. The summed E-state index contributed by atoms with van der Waals surface area (Å²) in [4.78, 5) is 20.7. The Morgan fingerprint density at radius 3 is 1.22 bits per heavy atom. The molecule has 0 saturated carbocycles. The van der Waals surface area contributed by atoms with Crippen LogP contribution in [0.4, 0.5) is 0 Å².